The standard InChI is InChI=1S/C26H40N4O3/c1-17(2)27-21-10-9-19(29-23(21)25(5,6)32)16-26(33)13-11-20(12-14-26)30-15-7-8-22(24(30)31)28-18(3)4/h7-10,15,17-18,20,27-28,32-33H,11-14,16H2,1-6H3/t20-,26+. The Morgan fingerprint density at radius 3 is 2.27 bits per heavy atom. The second kappa shape index (κ2) is 9.85. The van der Waals surface area contributed by atoms with Crippen molar-refractivity contribution in [3.8, 4) is 0 Å². The Hall–Kier alpha value is -2.38. The van der Waals surface area contributed by atoms with E-state index in [0.717, 1.165) is 24.2 Å². The van der Waals surface area contributed by atoms with E-state index in [9.17, 15) is 15.0 Å². The van der Waals surface area contributed by atoms with Gasteiger partial charge in [-0.3, -0.25) is 9.78 Å². The van der Waals surface area contributed by atoms with Gasteiger partial charge in [0, 0.05) is 36.4 Å². The SMILES string of the molecule is CC(C)Nc1ccc(C[C@]2(O)CC[C@@H](n3cccc(NC(C)C)c3=O)CC2)nc1C(C)(C)O. The Bertz CT molecular complexity index is 999. The van der Waals surface area contributed by atoms with Gasteiger partial charge < -0.3 is 25.4 Å². The largest absolute Gasteiger partial charge is 0.389 e. The van der Waals surface area contributed by atoms with Gasteiger partial charge in [0.2, 0.25) is 0 Å². The van der Waals surface area contributed by atoms with Crippen LogP contribution in [0.4, 0.5) is 11.4 Å². The van der Waals surface area contributed by atoms with Crippen molar-refractivity contribution in [2.24, 2.45) is 0 Å². The van der Waals surface area contributed by atoms with Crippen LogP contribution >= 0.6 is 0 Å². The highest BCUT2D eigenvalue weighted by molar-refractivity contribution is 5.51. The summed E-state index contributed by atoms with van der Waals surface area (Å²) in [5.41, 5.74) is 0.813. The van der Waals surface area contributed by atoms with Crippen LogP contribution in [-0.4, -0.2) is 37.4 Å². The maximum Gasteiger partial charge on any atom is 0.274 e. The number of hydrogen-bond acceptors (Lipinski definition) is 6. The second-order valence-electron chi connectivity index (χ2n) is 10.6. The molecule has 1 aliphatic carbocycles. The van der Waals surface area contributed by atoms with Gasteiger partial charge in [0.25, 0.3) is 5.56 Å². The minimum Gasteiger partial charge on any atom is -0.389 e. The monoisotopic (exact) mass is 456 g/mol. The zero-order valence-electron chi connectivity index (χ0n) is 20.9. The molecule has 0 aromatic carbocycles. The first kappa shape index (κ1) is 25.2. The lowest BCUT2D eigenvalue weighted by molar-refractivity contribution is -0.00843. The molecule has 33 heavy (non-hydrogen) atoms. The van der Waals surface area contributed by atoms with Gasteiger partial charge >= 0.3 is 0 Å². The molecule has 182 valence electrons. The van der Waals surface area contributed by atoms with Gasteiger partial charge in [0.1, 0.15) is 11.3 Å². The third-order valence-corrected chi connectivity index (χ3v) is 6.18. The van der Waals surface area contributed by atoms with E-state index in [1.165, 1.54) is 0 Å². The van der Waals surface area contributed by atoms with Crippen molar-refractivity contribution in [3.05, 3.63) is 52.2 Å². The maximum absolute atomic E-state index is 12.9. The van der Waals surface area contributed by atoms with E-state index >= 15 is 0 Å². The van der Waals surface area contributed by atoms with Crippen molar-refractivity contribution in [1.29, 1.82) is 0 Å². The minimum atomic E-state index is -1.09. The highest BCUT2D eigenvalue weighted by Crippen LogP contribution is 2.37. The van der Waals surface area contributed by atoms with Gasteiger partial charge in [-0.1, -0.05) is 0 Å². The Morgan fingerprint density at radius 1 is 1.09 bits per heavy atom. The summed E-state index contributed by atoms with van der Waals surface area (Å²) in [5.74, 6) is 0. The molecule has 2 aromatic heterocycles. The maximum atomic E-state index is 12.9. The number of rotatable bonds is 8. The Kier molecular flexibility index (Phi) is 7.54. The molecule has 1 aliphatic rings. The predicted octanol–water partition coefficient (Wildman–Crippen LogP) is 4.20. The molecule has 0 radical (unpaired) electrons. The molecule has 0 bridgehead atoms. The summed E-state index contributed by atoms with van der Waals surface area (Å²) in [6, 6.07) is 8.07. The molecule has 4 N–H and O–H groups in total. The number of nitrogens with one attached hydrogen (secondary N) is 2. The van der Waals surface area contributed by atoms with Crippen LogP contribution in [0.3, 0.4) is 0 Å². The average Bonchev–Trinajstić information content (AvgIpc) is 2.70. The summed E-state index contributed by atoms with van der Waals surface area (Å²) in [7, 11) is 0. The molecular formula is C26H40N4O3. The summed E-state index contributed by atoms with van der Waals surface area (Å²) >= 11 is 0. The number of hydrogen-bond donors (Lipinski definition) is 4. The molecule has 0 saturated heterocycles. The topological polar surface area (TPSA) is 99.4 Å². The number of anilines is 2. The van der Waals surface area contributed by atoms with Crippen molar-refractivity contribution < 1.29 is 10.2 Å². The molecule has 0 aliphatic heterocycles. The number of aliphatic hydroxyl groups is 2. The van der Waals surface area contributed by atoms with Gasteiger partial charge in [-0.05, 0) is 91.5 Å². The first-order valence-corrected chi connectivity index (χ1v) is 12.1. The summed E-state index contributed by atoms with van der Waals surface area (Å²) in [5, 5.41) is 28.5. The molecule has 1 saturated carbocycles. The summed E-state index contributed by atoms with van der Waals surface area (Å²) in [6.45, 7) is 11.6. The number of pyridine rings is 2. The summed E-state index contributed by atoms with van der Waals surface area (Å²) < 4.78 is 1.81. The molecule has 2 aromatic rings. The lowest BCUT2D eigenvalue weighted by Crippen LogP contribution is -2.39. The molecule has 7 heteroatoms. The van der Waals surface area contributed by atoms with E-state index < -0.39 is 11.2 Å². The van der Waals surface area contributed by atoms with Gasteiger partial charge in [-0.15, -0.1) is 0 Å². The van der Waals surface area contributed by atoms with Crippen molar-refractivity contribution >= 4 is 11.4 Å². The van der Waals surface area contributed by atoms with Crippen LogP contribution in [0.25, 0.3) is 0 Å². The van der Waals surface area contributed by atoms with Gasteiger partial charge in [-0.2, -0.15) is 0 Å². The molecule has 0 spiro atoms. The highest BCUT2D eigenvalue weighted by Gasteiger charge is 2.35. The van der Waals surface area contributed by atoms with Crippen LogP contribution in [0.15, 0.2) is 35.3 Å². The van der Waals surface area contributed by atoms with Crippen LogP contribution in [0.2, 0.25) is 0 Å². The Morgan fingerprint density at radius 2 is 1.70 bits per heavy atom. The molecular weight excluding hydrogens is 416 g/mol. The lowest BCUT2D eigenvalue weighted by Gasteiger charge is -2.37. The van der Waals surface area contributed by atoms with Gasteiger partial charge in [0.05, 0.1) is 17.0 Å². The fourth-order valence-electron chi connectivity index (χ4n) is 4.64. The predicted molar refractivity (Wildman–Crippen MR) is 134 cm³/mol. The second-order valence-corrected chi connectivity index (χ2v) is 10.6. The lowest BCUT2D eigenvalue weighted by atomic mass is 9.79. The van der Waals surface area contributed by atoms with Crippen molar-refractivity contribution in [2.75, 3.05) is 10.6 Å². The van der Waals surface area contributed by atoms with Gasteiger partial charge in [-0.25, -0.2) is 0 Å². The van der Waals surface area contributed by atoms with Crippen molar-refractivity contribution in [3.63, 3.8) is 0 Å². The van der Waals surface area contributed by atoms with Crippen molar-refractivity contribution in [1.82, 2.24) is 9.55 Å². The first-order valence-electron chi connectivity index (χ1n) is 12.1. The number of nitrogens with zero attached hydrogens (tertiary/aromatic N) is 2. The Labute approximate surface area is 197 Å². The average molecular weight is 457 g/mol. The first-order chi connectivity index (χ1) is 15.4. The molecule has 2 heterocycles. The minimum absolute atomic E-state index is 0.00799. The van der Waals surface area contributed by atoms with Crippen LogP contribution in [0, 0.1) is 0 Å². The third-order valence-electron chi connectivity index (χ3n) is 6.18. The molecule has 0 atom stereocenters. The molecule has 0 amide bonds. The van der Waals surface area contributed by atoms with Crippen LogP contribution in [0.1, 0.15) is 84.7 Å². The zero-order chi connectivity index (χ0) is 24.4. The zero-order valence-corrected chi connectivity index (χ0v) is 20.9. The van der Waals surface area contributed by atoms with Crippen LogP contribution in [-0.2, 0) is 12.0 Å². The number of aromatic nitrogens is 2. The van der Waals surface area contributed by atoms with E-state index in [4.69, 9.17) is 4.98 Å². The van der Waals surface area contributed by atoms with E-state index in [1.807, 2.05) is 58.2 Å². The Balaban J connectivity index is 1.74. The molecule has 1 fully saturated rings. The summed E-state index contributed by atoms with van der Waals surface area (Å²) in [4.78, 5) is 17.6. The van der Waals surface area contributed by atoms with E-state index in [1.54, 1.807) is 18.4 Å². The molecule has 7 nitrogen and oxygen atoms in total. The highest BCUT2D eigenvalue weighted by atomic mass is 16.3. The normalized spacial score (nSPS) is 21.5. The third kappa shape index (κ3) is 6.36. The van der Waals surface area contributed by atoms with E-state index in [0.29, 0.717) is 30.6 Å². The summed E-state index contributed by atoms with van der Waals surface area (Å²) in [6.07, 6.45) is 4.92. The van der Waals surface area contributed by atoms with Crippen LogP contribution < -0.4 is 16.2 Å². The van der Waals surface area contributed by atoms with Gasteiger partial charge in [0.15, 0.2) is 0 Å². The fourth-order valence-corrected chi connectivity index (χ4v) is 4.64. The molecule has 3 rings (SSSR count). The smallest absolute Gasteiger partial charge is 0.274 e. The van der Waals surface area contributed by atoms with E-state index in [-0.39, 0.29) is 23.7 Å². The van der Waals surface area contributed by atoms with E-state index in [2.05, 4.69) is 10.6 Å². The fraction of sp³-hybridized carbons (Fsp3) is 0.615. The quantitative estimate of drug-likeness (QED) is 0.475. The van der Waals surface area contributed by atoms with Crippen LogP contribution in [0.5, 0.6) is 0 Å². The van der Waals surface area contributed by atoms with Crippen molar-refractivity contribution in [2.45, 2.75) is 103 Å². The molecule has 0 unspecified atom stereocenters.